The van der Waals surface area contributed by atoms with Crippen LogP contribution in [0.3, 0.4) is 0 Å². The van der Waals surface area contributed by atoms with Gasteiger partial charge in [0.15, 0.2) is 11.5 Å². The Morgan fingerprint density at radius 3 is 2.68 bits per heavy atom. The van der Waals surface area contributed by atoms with E-state index in [9.17, 15) is 14.7 Å². The van der Waals surface area contributed by atoms with Crippen molar-refractivity contribution in [2.75, 3.05) is 12.4 Å². The summed E-state index contributed by atoms with van der Waals surface area (Å²) in [6.45, 7) is 0. The van der Waals surface area contributed by atoms with E-state index >= 15 is 0 Å². The lowest BCUT2D eigenvalue weighted by atomic mass is 10.2. The van der Waals surface area contributed by atoms with E-state index < -0.39 is 11.8 Å². The molecule has 3 N–H and O–H groups in total. The number of anilines is 1. The number of hydrogen-bond acceptors (Lipinski definition) is 5. The zero-order valence-electron chi connectivity index (χ0n) is 12.9. The van der Waals surface area contributed by atoms with Crippen molar-refractivity contribution in [1.82, 2.24) is 5.43 Å². The first kappa shape index (κ1) is 18.8. The third kappa shape index (κ3) is 4.94. The first-order valence-electron chi connectivity index (χ1n) is 6.87. The van der Waals surface area contributed by atoms with Gasteiger partial charge in [-0.25, -0.2) is 5.43 Å². The molecule has 0 aromatic heterocycles. The van der Waals surface area contributed by atoms with Crippen molar-refractivity contribution in [3.8, 4) is 11.5 Å². The van der Waals surface area contributed by atoms with Gasteiger partial charge < -0.3 is 15.2 Å². The van der Waals surface area contributed by atoms with E-state index in [1.165, 1.54) is 13.3 Å². The van der Waals surface area contributed by atoms with E-state index in [-0.39, 0.29) is 17.1 Å². The fourth-order valence-electron chi connectivity index (χ4n) is 1.80. The smallest absolute Gasteiger partial charge is 0.329 e. The Morgan fingerprint density at radius 1 is 1.28 bits per heavy atom. The summed E-state index contributed by atoms with van der Waals surface area (Å²) in [4.78, 5) is 23.5. The highest BCUT2D eigenvalue weighted by Crippen LogP contribution is 2.32. The number of phenolic OH excluding ortho intramolecular Hbond substituents is 1. The Morgan fingerprint density at radius 2 is 2.00 bits per heavy atom. The lowest BCUT2D eigenvalue weighted by molar-refractivity contribution is -0.136. The number of hydrogen-bond donors (Lipinski definition) is 3. The Kier molecular flexibility index (Phi) is 6.37. The number of ether oxygens (including phenoxy) is 1. The van der Waals surface area contributed by atoms with Crippen molar-refractivity contribution in [2.45, 2.75) is 0 Å². The largest absolute Gasteiger partial charge is 0.504 e. The molecule has 0 unspecified atom stereocenters. The minimum absolute atomic E-state index is 0.149. The molecule has 0 aliphatic rings. The minimum Gasteiger partial charge on any atom is -0.504 e. The van der Waals surface area contributed by atoms with Crippen LogP contribution < -0.4 is 15.5 Å². The summed E-state index contributed by atoms with van der Waals surface area (Å²) in [5, 5.41) is 16.3. The van der Waals surface area contributed by atoms with Crippen molar-refractivity contribution in [2.24, 2.45) is 5.10 Å². The van der Waals surface area contributed by atoms with Gasteiger partial charge in [-0.2, -0.15) is 5.10 Å². The first-order valence-corrected chi connectivity index (χ1v) is 8.05. The molecule has 0 heterocycles. The van der Waals surface area contributed by atoms with Gasteiger partial charge in [-0.05, 0) is 24.3 Å². The summed E-state index contributed by atoms with van der Waals surface area (Å²) in [5.41, 5.74) is 2.66. The lowest BCUT2D eigenvalue weighted by Gasteiger charge is -2.07. The quantitative estimate of drug-likeness (QED) is 0.397. The van der Waals surface area contributed by atoms with Crippen LogP contribution in [0, 0.1) is 0 Å². The van der Waals surface area contributed by atoms with Gasteiger partial charge in [-0.3, -0.25) is 9.59 Å². The molecule has 2 amide bonds. The molecule has 130 valence electrons. The molecule has 0 atom stereocenters. The van der Waals surface area contributed by atoms with Crippen LogP contribution in [0.2, 0.25) is 5.02 Å². The number of methoxy groups -OCH3 is 1. The highest BCUT2D eigenvalue weighted by molar-refractivity contribution is 9.10. The molecular formula is C16H13BrClN3O4. The predicted molar refractivity (Wildman–Crippen MR) is 98.2 cm³/mol. The van der Waals surface area contributed by atoms with Crippen molar-refractivity contribution in [3.05, 3.63) is 51.5 Å². The summed E-state index contributed by atoms with van der Waals surface area (Å²) in [6, 6.07) is 9.64. The fraction of sp³-hybridized carbons (Fsp3) is 0.0625. The number of nitrogens with zero attached hydrogens (tertiary/aromatic N) is 1. The maximum atomic E-state index is 11.8. The van der Waals surface area contributed by atoms with Crippen LogP contribution in [-0.4, -0.2) is 30.2 Å². The zero-order valence-corrected chi connectivity index (χ0v) is 15.3. The lowest BCUT2D eigenvalue weighted by Crippen LogP contribution is -2.32. The average Bonchev–Trinajstić information content (AvgIpc) is 2.59. The second kappa shape index (κ2) is 8.50. The topological polar surface area (TPSA) is 100 Å². The van der Waals surface area contributed by atoms with E-state index in [2.05, 4.69) is 31.8 Å². The number of amides is 2. The van der Waals surface area contributed by atoms with E-state index in [0.29, 0.717) is 15.2 Å². The molecule has 0 fully saturated rings. The predicted octanol–water partition coefficient (Wildman–Crippen LogP) is 2.91. The molecule has 0 aliphatic carbocycles. The summed E-state index contributed by atoms with van der Waals surface area (Å²) < 4.78 is 5.65. The second-order valence-electron chi connectivity index (χ2n) is 4.68. The number of hydrazone groups is 1. The summed E-state index contributed by atoms with van der Waals surface area (Å²) >= 11 is 9.16. The average molecular weight is 427 g/mol. The van der Waals surface area contributed by atoms with Gasteiger partial charge in [0.05, 0.1) is 24.0 Å². The number of benzene rings is 2. The molecule has 0 radical (unpaired) electrons. The number of rotatable bonds is 4. The third-order valence-electron chi connectivity index (χ3n) is 2.99. The molecular weight excluding hydrogens is 414 g/mol. The molecule has 0 saturated heterocycles. The molecule has 0 spiro atoms. The zero-order chi connectivity index (χ0) is 18.4. The van der Waals surface area contributed by atoms with Crippen LogP contribution in [-0.2, 0) is 9.59 Å². The highest BCUT2D eigenvalue weighted by atomic mass is 79.9. The Hall–Kier alpha value is -2.58. The molecule has 9 heteroatoms. The molecule has 2 aromatic carbocycles. The second-order valence-corrected chi connectivity index (χ2v) is 6.00. The maximum absolute atomic E-state index is 11.8. The van der Waals surface area contributed by atoms with Gasteiger partial charge in [-0.15, -0.1) is 0 Å². The fourth-order valence-corrected chi connectivity index (χ4v) is 2.44. The monoisotopic (exact) mass is 425 g/mol. The van der Waals surface area contributed by atoms with Crippen molar-refractivity contribution in [3.63, 3.8) is 0 Å². The van der Waals surface area contributed by atoms with Gasteiger partial charge in [0, 0.05) is 10.0 Å². The molecule has 0 aliphatic heterocycles. The third-order valence-corrected chi connectivity index (χ3v) is 3.77. The maximum Gasteiger partial charge on any atom is 0.329 e. The molecule has 7 nitrogen and oxygen atoms in total. The van der Waals surface area contributed by atoms with Gasteiger partial charge in [0.25, 0.3) is 0 Å². The SMILES string of the molecule is COc1cc(Br)cc(/C=N\NC(=O)C(=O)Nc2ccccc2Cl)c1O. The number of aromatic hydroxyl groups is 1. The molecule has 0 bridgehead atoms. The number of halogens is 2. The normalized spacial score (nSPS) is 10.5. The standard InChI is InChI=1S/C16H13BrClN3O4/c1-25-13-7-10(17)6-9(14(13)22)8-19-21-16(24)15(23)20-12-5-3-2-4-11(12)18/h2-8,22H,1H3,(H,20,23)(H,21,24)/b19-8-. The number of carbonyl (C=O) groups is 2. The number of nitrogens with one attached hydrogen (secondary N) is 2. The van der Waals surface area contributed by atoms with Crippen LogP contribution >= 0.6 is 27.5 Å². The molecule has 0 saturated carbocycles. The van der Waals surface area contributed by atoms with E-state index in [1.807, 2.05) is 0 Å². The van der Waals surface area contributed by atoms with E-state index in [1.54, 1.807) is 36.4 Å². The van der Waals surface area contributed by atoms with E-state index in [4.69, 9.17) is 16.3 Å². The van der Waals surface area contributed by atoms with Gasteiger partial charge >= 0.3 is 11.8 Å². The molecule has 25 heavy (non-hydrogen) atoms. The Labute approximate surface area is 156 Å². The van der Waals surface area contributed by atoms with Crippen LogP contribution in [0.25, 0.3) is 0 Å². The summed E-state index contributed by atoms with van der Waals surface area (Å²) in [5.74, 6) is -1.83. The number of carbonyl (C=O) groups excluding carboxylic acids is 2. The van der Waals surface area contributed by atoms with Crippen LogP contribution in [0.1, 0.15) is 5.56 Å². The Bertz CT molecular complexity index is 842. The summed E-state index contributed by atoms with van der Waals surface area (Å²) in [6.07, 6.45) is 1.18. The number of phenols is 1. The van der Waals surface area contributed by atoms with Crippen LogP contribution in [0.15, 0.2) is 46.0 Å². The Balaban J connectivity index is 2.02. The summed E-state index contributed by atoms with van der Waals surface area (Å²) in [7, 11) is 1.41. The molecule has 2 rings (SSSR count). The van der Waals surface area contributed by atoms with Crippen LogP contribution in [0.5, 0.6) is 11.5 Å². The first-order chi connectivity index (χ1) is 11.9. The van der Waals surface area contributed by atoms with Crippen molar-refractivity contribution >= 4 is 51.2 Å². The van der Waals surface area contributed by atoms with Gasteiger partial charge in [0.2, 0.25) is 0 Å². The van der Waals surface area contributed by atoms with Crippen LogP contribution in [0.4, 0.5) is 5.69 Å². The van der Waals surface area contributed by atoms with E-state index in [0.717, 1.165) is 0 Å². The minimum atomic E-state index is -0.988. The number of para-hydroxylation sites is 1. The highest BCUT2D eigenvalue weighted by Gasteiger charge is 2.14. The van der Waals surface area contributed by atoms with Gasteiger partial charge in [0.1, 0.15) is 0 Å². The van der Waals surface area contributed by atoms with Gasteiger partial charge in [-0.1, -0.05) is 39.7 Å². The van der Waals surface area contributed by atoms with Crippen molar-refractivity contribution < 1.29 is 19.4 Å². The van der Waals surface area contributed by atoms with Crippen molar-refractivity contribution in [1.29, 1.82) is 0 Å². The molecule has 2 aromatic rings.